The zero-order chi connectivity index (χ0) is 10.4. The van der Waals surface area contributed by atoms with Crippen LogP contribution in [0.25, 0.3) is 0 Å². The van der Waals surface area contributed by atoms with E-state index in [1.54, 1.807) is 0 Å². The topological polar surface area (TPSA) is 98.1 Å². The van der Waals surface area contributed by atoms with Crippen LogP contribution < -0.4 is 0 Å². The van der Waals surface area contributed by atoms with E-state index in [2.05, 4.69) is 6.58 Å². The molecule has 0 radical (unpaired) electrons. The van der Waals surface area contributed by atoms with Gasteiger partial charge in [0.25, 0.3) is 0 Å². The second kappa shape index (κ2) is 5.15. The van der Waals surface area contributed by atoms with Crippen LogP contribution in [-0.4, -0.2) is 45.4 Å². The third-order valence-corrected chi connectivity index (χ3v) is 1.34. The third-order valence-electron chi connectivity index (χ3n) is 1.34. The summed E-state index contributed by atoms with van der Waals surface area (Å²) >= 11 is 0. The van der Waals surface area contributed by atoms with Gasteiger partial charge in [-0.05, 0) is 6.42 Å². The Morgan fingerprint density at radius 1 is 1.31 bits per heavy atom. The molecule has 1 amide bonds. The molecule has 0 saturated carbocycles. The predicted octanol–water partition coefficient (Wildman–Crippen LogP) is -0.0529. The number of carbonyl (C=O) groups is 2. The normalized spacial score (nSPS) is 9.31. The molecular weight excluding hydrogens is 178 g/mol. The van der Waals surface area contributed by atoms with Gasteiger partial charge in [0.05, 0.1) is 0 Å². The van der Waals surface area contributed by atoms with Gasteiger partial charge in [-0.15, -0.1) is 0 Å². The van der Waals surface area contributed by atoms with Crippen LogP contribution in [-0.2, 0) is 4.79 Å². The van der Waals surface area contributed by atoms with Crippen molar-refractivity contribution in [3.05, 3.63) is 12.3 Å². The second-order valence-electron chi connectivity index (χ2n) is 2.26. The summed E-state index contributed by atoms with van der Waals surface area (Å²) in [6.45, 7) is 2.82. The molecule has 0 bridgehead atoms. The Labute approximate surface area is 74.7 Å². The smallest absolute Gasteiger partial charge is 0.412 e. The molecular formula is C7H11NO5. The fraction of sp³-hybridized carbons (Fsp3) is 0.429. The third kappa shape index (κ3) is 3.57. The Morgan fingerprint density at radius 2 is 1.85 bits per heavy atom. The van der Waals surface area contributed by atoms with E-state index in [0.717, 1.165) is 0 Å². The Hall–Kier alpha value is -1.56. The Morgan fingerprint density at radius 3 is 2.15 bits per heavy atom. The summed E-state index contributed by atoms with van der Waals surface area (Å²) in [5.41, 5.74) is -0.513. The van der Waals surface area contributed by atoms with Gasteiger partial charge in [-0.2, -0.15) is 0 Å². The van der Waals surface area contributed by atoms with Gasteiger partial charge in [-0.3, -0.25) is 4.90 Å². The van der Waals surface area contributed by atoms with E-state index in [0.29, 0.717) is 4.90 Å². The fourth-order valence-corrected chi connectivity index (χ4v) is 0.690. The van der Waals surface area contributed by atoms with E-state index in [4.69, 9.17) is 15.3 Å². The number of amides is 1. The number of hydrogen-bond donors (Lipinski definition) is 3. The molecule has 0 aromatic heterocycles. The van der Waals surface area contributed by atoms with Crippen LogP contribution in [0.5, 0.6) is 0 Å². The zero-order valence-electron chi connectivity index (χ0n) is 6.93. The van der Waals surface area contributed by atoms with Gasteiger partial charge in [0.15, 0.2) is 0 Å². The first-order chi connectivity index (χ1) is 6.00. The van der Waals surface area contributed by atoms with Crippen molar-refractivity contribution in [3.63, 3.8) is 0 Å². The number of carboxylic acid groups (broad SMARTS) is 2. The number of nitrogens with zero attached hydrogens (tertiary/aromatic N) is 1. The van der Waals surface area contributed by atoms with Crippen LogP contribution in [0.1, 0.15) is 6.42 Å². The lowest BCUT2D eigenvalue weighted by Crippen LogP contribution is -2.33. The highest BCUT2D eigenvalue weighted by Gasteiger charge is 2.19. The van der Waals surface area contributed by atoms with E-state index in [9.17, 15) is 9.59 Å². The SMILES string of the molecule is C=C(C(=O)O)N(CCCO)C(=O)O. The summed E-state index contributed by atoms with van der Waals surface area (Å²) in [7, 11) is 0. The van der Waals surface area contributed by atoms with Crippen molar-refractivity contribution in [2.24, 2.45) is 0 Å². The van der Waals surface area contributed by atoms with Crippen molar-refractivity contribution in [1.29, 1.82) is 0 Å². The minimum Gasteiger partial charge on any atom is -0.477 e. The Kier molecular flexibility index (Phi) is 4.53. The lowest BCUT2D eigenvalue weighted by Gasteiger charge is -2.17. The molecule has 0 rings (SSSR count). The van der Waals surface area contributed by atoms with Crippen LogP contribution in [0, 0.1) is 0 Å². The molecule has 74 valence electrons. The summed E-state index contributed by atoms with van der Waals surface area (Å²) in [5.74, 6) is -1.39. The summed E-state index contributed by atoms with van der Waals surface area (Å²) in [6, 6.07) is 0. The Bertz CT molecular complexity index is 225. The average molecular weight is 189 g/mol. The quantitative estimate of drug-likeness (QED) is 0.526. The minimum atomic E-state index is -1.39. The monoisotopic (exact) mass is 189 g/mol. The van der Waals surface area contributed by atoms with Crippen molar-refractivity contribution in [3.8, 4) is 0 Å². The van der Waals surface area contributed by atoms with E-state index in [1.807, 2.05) is 0 Å². The van der Waals surface area contributed by atoms with Gasteiger partial charge in [-0.1, -0.05) is 6.58 Å². The van der Waals surface area contributed by atoms with Crippen molar-refractivity contribution >= 4 is 12.1 Å². The van der Waals surface area contributed by atoms with Crippen LogP contribution in [0.15, 0.2) is 12.3 Å². The highest BCUT2D eigenvalue weighted by Crippen LogP contribution is 2.03. The molecule has 3 N–H and O–H groups in total. The number of hydrogen-bond acceptors (Lipinski definition) is 3. The first kappa shape index (κ1) is 11.4. The molecule has 0 aromatic rings. The summed E-state index contributed by atoms with van der Waals surface area (Å²) < 4.78 is 0. The lowest BCUT2D eigenvalue weighted by molar-refractivity contribution is -0.134. The fourth-order valence-electron chi connectivity index (χ4n) is 0.690. The summed E-state index contributed by atoms with van der Waals surface area (Å²) in [4.78, 5) is 21.4. The number of aliphatic carboxylic acids is 1. The molecule has 6 heteroatoms. The van der Waals surface area contributed by atoms with Gasteiger partial charge in [0, 0.05) is 13.2 Å². The van der Waals surface area contributed by atoms with Crippen LogP contribution in [0.3, 0.4) is 0 Å². The molecule has 0 fully saturated rings. The number of aliphatic hydroxyl groups excluding tert-OH is 1. The van der Waals surface area contributed by atoms with Crippen LogP contribution in [0.2, 0.25) is 0 Å². The average Bonchev–Trinajstić information content (AvgIpc) is 2.04. The van der Waals surface area contributed by atoms with E-state index in [-0.39, 0.29) is 19.6 Å². The van der Waals surface area contributed by atoms with Crippen LogP contribution >= 0.6 is 0 Å². The van der Waals surface area contributed by atoms with Gasteiger partial charge in [0.2, 0.25) is 0 Å². The van der Waals surface area contributed by atoms with Crippen molar-refractivity contribution < 1.29 is 24.9 Å². The molecule has 0 spiro atoms. The maximum absolute atomic E-state index is 10.5. The summed E-state index contributed by atoms with van der Waals surface area (Å²) in [6.07, 6.45) is -1.21. The van der Waals surface area contributed by atoms with Crippen LogP contribution in [0.4, 0.5) is 4.79 Å². The van der Waals surface area contributed by atoms with Gasteiger partial charge >= 0.3 is 12.1 Å². The maximum Gasteiger partial charge on any atom is 0.412 e. The molecule has 0 saturated heterocycles. The van der Waals surface area contributed by atoms with Gasteiger partial charge < -0.3 is 15.3 Å². The Balaban J connectivity index is 4.33. The molecule has 0 aliphatic carbocycles. The first-order valence-electron chi connectivity index (χ1n) is 3.54. The largest absolute Gasteiger partial charge is 0.477 e. The highest BCUT2D eigenvalue weighted by molar-refractivity contribution is 5.89. The zero-order valence-corrected chi connectivity index (χ0v) is 6.93. The second-order valence-corrected chi connectivity index (χ2v) is 2.26. The molecule has 0 heterocycles. The van der Waals surface area contributed by atoms with Crippen molar-refractivity contribution in [2.75, 3.05) is 13.2 Å². The lowest BCUT2D eigenvalue weighted by atomic mass is 10.3. The van der Waals surface area contributed by atoms with E-state index >= 15 is 0 Å². The maximum atomic E-state index is 10.5. The summed E-state index contributed by atoms with van der Waals surface area (Å²) in [5, 5.41) is 25.4. The molecule has 6 nitrogen and oxygen atoms in total. The van der Waals surface area contributed by atoms with Gasteiger partial charge in [-0.25, -0.2) is 9.59 Å². The molecule has 0 aliphatic heterocycles. The predicted molar refractivity (Wildman–Crippen MR) is 43.2 cm³/mol. The van der Waals surface area contributed by atoms with Crippen molar-refractivity contribution in [1.82, 2.24) is 4.90 Å². The molecule has 0 aliphatic rings. The number of rotatable bonds is 5. The first-order valence-corrected chi connectivity index (χ1v) is 3.54. The number of aliphatic hydroxyl groups is 1. The molecule has 0 atom stereocenters. The highest BCUT2D eigenvalue weighted by atomic mass is 16.4. The number of carboxylic acids is 1. The van der Waals surface area contributed by atoms with Crippen molar-refractivity contribution in [2.45, 2.75) is 6.42 Å². The standard InChI is InChI=1S/C7H11NO5/c1-5(6(10)11)8(7(12)13)3-2-4-9/h9H,1-4H2,(H,10,11)(H,12,13). The molecule has 13 heavy (non-hydrogen) atoms. The van der Waals surface area contributed by atoms with Gasteiger partial charge in [0.1, 0.15) is 5.70 Å². The molecule has 0 aromatic carbocycles. The van der Waals surface area contributed by atoms with E-state index < -0.39 is 17.8 Å². The minimum absolute atomic E-state index is 0.0725. The van der Waals surface area contributed by atoms with E-state index in [1.165, 1.54) is 0 Å². The molecule has 0 unspecified atom stereocenters.